The van der Waals surface area contributed by atoms with Gasteiger partial charge in [-0.15, -0.1) is 0 Å². The van der Waals surface area contributed by atoms with E-state index in [1.54, 1.807) is 0 Å². The summed E-state index contributed by atoms with van der Waals surface area (Å²) in [6.45, 7) is 0. The Labute approximate surface area is 95.9 Å². The molecule has 0 radical (unpaired) electrons. The Kier molecular flexibility index (Phi) is 2.37. The Balaban J connectivity index is 2.72. The van der Waals surface area contributed by atoms with E-state index < -0.39 is 32.3 Å². The largest absolute Gasteiger partial charge is 0.507 e. The second kappa shape index (κ2) is 3.51. The molecule has 1 aromatic carbocycles. The number of carbonyl (C=O) groups excluding carboxylic acids is 2. The van der Waals surface area contributed by atoms with Crippen molar-refractivity contribution in [2.75, 3.05) is 0 Å². The molecule has 0 saturated heterocycles. The van der Waals surface area contributed by atoms with Gasteiger partial charge in [0, 0.05) is 17.2 Å². The van der Waals surface area contributed by atoms with Gasteiger partial charge in [0.2, 0.25) is 11.6 Å². The summed E-state index contributed by atoms with van der Waals surface area (Å²) >= 11 is 0. The number of benzene rings is 1. The third-order valence-corrected chi connectivity index (χ3v) is 3.15. The predicted molar refractivity (Wildman–Crippen MR) is 56.2 cm³/mol. The molecule has 1 aromatic rings. The summed E-state index contributed by atoms with van der Waals surface area (Å²) in [7, 11) is -4.43. The van der Waals surface area contributed by atoms with Gasteiger partial charge in [-0.2, -0.15) is 8.42 Å². The molecule has 0 atom stereocenters. The molecule has 0 saturated carbocycles. The molecule has 0 bridgehead atoms. The van der Waals surface area contributed by atoms with Gasteiger partial charge in [0.15, 0.2) is 0 Å². The molecule has 7 heteroatoms. The van der Waals surface area contributed by atoms with Crippen LogP contribution in [0.5, 0.6) is 0 Å². The Morgan fingerprint density at radius 1 is 1.06 bits per heavy atom. The highest BCUT2D eigenvalue weighted by molar-refractivity contribution is 7.85. The van der Waals surface area contributed by atoms with Crippen LogP contribution in [0.15, 0.2) is 29.2 Å². The van der Waals surface area contributed by atoms with E-state index in [4.69, 9.17) is 4.55 Å². The average Bonchev–Trinajstić information content (AvgIpc) is 2.24. The third-order valence-electron chi connectivity index (χ3n) is 2.30. The van der Waals surface area contributed by atoms with Crippen LogP contribution in [0.25, 0.3) is 5.76 Å². The second-order valence-corrected chi connectivity index (χ2v) is 4.83. The molecule has 0 aliphatic heterocycles. The maximum absolute atomic E-state index is 11.4. The quantitative estimate of drug-likeness (QED) is 0.561. The van der Waals surface area contributed by atoms with Crippen molar-refractivity contribution >= 4 is 27.4 Å². The molecule has 0 aromatic heterocycles. The fourth-order valence-corrected chi connectivity index (χ4v) is 2.00. The Morgan fingerprint density at radius 2 is 1.71 bits per heavy atom. The number of ketones is 2. The number of rotatable bonds is 1. The van der Waals surface area contributed by atoms with Crippen molar-refractivity contribution < 1.29 is 27.7 Å². The first-order chi connectivity index (χ1) is 7.80. The van der Waals surface area contributed by atoms with Gasteiger partial charge in [-0.25, -0.2) is 0 Å². The fourth-order valence-electron chi connectivity index (χ4n) is 1.49. The minimum atomic E-state index is -4.43. The van der Waals surface area contributed by atoms with Gasteiger partial charge in [0.1, 0.15) is 5.76 Å². The normalized spacial score (nSPS) is 15.5. The summed E-state index contributed by atoms with van der Waals surface area (Å²) in [6.07, 6.45) is 0.707. The van der Waals surface area contributed by atoms with Crippen molar-refractivity contribution in [3.63, 3.8) is 0 Å². The van der Waals surface area contributed by atoms with Crippen LogP contribution in [0.1, 0.15) is 15.9 Å². The van der Waals surface area contributed by atoms with E-state index in [0.717, 1.165) is 18.2 Å². The third kappa shape index (κ3) is 1.85. The molecular weight excluding hydrogens is 248 g/mol. The zero-order valence-corrected chi connectivity index (χ0v) is 9.06. The lowest BCUT2D eigenvalue weighted by molar-refractivity contribution is -0.111. The van der Waals surface area contributed by atoms with Crippen LogP contribution in [-0.4, -0.2) is 29.6 Å². The maximum Gasteiger partial charge on any atom is 0.294 e. The van der Waals surface area contributed by atoms with Gasteiger partial charge in [-0.3, -0.25) is 14.1 Å². The molecule has 0 unspecified atom stereocenters. The standard InChI is InChI=1S/C10H6O6S/c11-8-4-9(12)10(13)6-2-1-5(3-7(6)8)17(14,15)16/h1-4,11H,(H,14,15,16). The van der Waals surface area contributed by atoms with E-state index in [9.17, 15) is 23.1 Å². The van der Waals surface area contributed by atoms with Crippen LogP contribution in [0.3, 0.4) is 0 Å². The van der Waals surface area contributed by atoms with Crippen LogP contribution in [0.2, 0.25) is 0 Å². The molecule has 0 amide bonds. The van der Waals surface area contributed by atoms with Crippen molar-refractivity contribution in [1.29, 1.82) is 0 Å². The molecule has 0 fully saturated rings. The van der Waals surface area contributed by atoms with Crippen LogP contribution >= 0.6 is 0 Å². The highest BCUT2D eigenvalue weighted by Gasteiger charge is 2.27. The molecule has 2 rings (SSSR count). The van der Waals surface area contributed by atoms with Crippen LogP contribution in [0.4, 0.5) is 0 Å². The first-order valence-electron chi connectivity index (χ1n) is 4.42. The average molecular weight is 254 g/mol. The molecular formula is C10H6O6S. The van der Waals surface area contributed by atoms with Gasteiger partial charge in [0.05, 0.1) is 4.90 Å². The van der Waals surface area contributed by atoms with E-state index in [1.165, 1.54) is 0 Å². The van der Waals surface area contributed by atoms with Crippen molar-refractivity contribution in [3.8, 4) is 0 Å². The predicted octanol–water partition coefficient (Wildman–Crippen LogP) is 0.598. The number of Topliss-reactive ketones (excluding diaryl/α,β-unsaturated/α-hetero) is 1. The second-order valence-electron chi connectivity index (χ2n) is 3.41. The smallest absolute Gasteiger partial charge is 0.294 e. The maximum atomic E-state index is 11.4. The van der Waals surface area contributed by atoms with Crippen molar-refractivity contribution in [2.24, 2.45) is 0 Å². The molecule has 88 valence electrons. The van der Waals surface area contributed by atoms with Gasteiger partial charge in [-0.05, 0) is 18.2 Å². The lowest BCUT2D eigenvalue weighted by Gasteiger charge is -2.12. The molecule has 1 aliphatic rings. The van der Waals surface area contributed by atoms with E-state index in [-0.39, 0.29) is 11.1 Å². The van der Waals surface area contributed by atoms with Crippen LogP contribution in [0, 0.1) is 0 Å². The van der Waals surface area contributed by atoms with Crippen molar-refractivity contribution in [1.82, 2.24) is 0 Å². The van der Waals surface area contributed by atoms with E-state index in [1.807, 2.05) is 0 Å². The molecule has 1 aliphatic carbocycles. The molecule has 17 heavy (non-hydrogen) atoms. The number of carbonyl (C=O) groups is 2. The summed E-state index contributed by atoms with van der Waals surface area (Å²) in [4.78, 5) is 22.0. The van der Waals surface area contributed by atoms with E-state index in [2.05, 4.69) is 0 Å². The first kappa shape index (κ1) is 11.5. The highest BCUT2D eigenvalue weighted by atomic mass is 32.2. The van der Waals surface area contributed by atoms with Crippen molar-refractivity contribution in [2.45, 2.75) is 4.90 Å². The number of allylic oxidation sites excluding steroid dienone is 1. The SMILES string of the molecule is O=C1C=C(O)c2cc(S(=O)(=O)O)ccc2C1=O. The highest BCUT2D eigenvalue weighted by Crippen LogP contribution is 2.25. The van der Waals surface area contributed by atoms with E-state index in [0.29, 0.717) is 6.08 Å². The Morgan fingerprint density at radius 3 is 2.29 bits per heavy atom. The lowest BCUT2D eigenvalue weighted by atomic mass is 9.94. The summed E-state index contributed by atoms with van der Waals surface area (Å²) in [5.41, 5.74) is -0.188. The molecule has 6 nitrogen and oxygen atoms in total. The van der Waals surface area contributed by atoms with Gasteiger partial charge in [-0.1, -0.05) is 0 Å². The number of aliphatic hydroxyl groups is 1. The summed E-state index contributed by atoms with van der Waals surface area (Å²) in [5.74, 6) is -2.22. The number of hydrogen-bond acceptors (Lipinski definition) is 5. The first-order valence-corrected chi connectivity index (χ1v) is 5.86. The number of fused-ring (bicyclic) bond motifs is 1. The Bertz CT molecular complexity index is 668. The van der Waals surface area contributed by atoms with Crippen molar-refractivity contribution in [3.05, 3.63) is 35.4 Å². The summed E-state index contributed by atoms with van der Waals surface area (Å²) in [6, 6.07) is 2.99. The Hall–Kier alpha value is -1.99. The zero-order chi connectivity index (χ0) is 12.8. The van der Waals surface area contributed by atoms with Gasteiger partial charge < -0.3 is 5.11 Å². The van der Waals surface area contributed by atoms with Crippen LogP contribution < -0.4 is 0 Å². The van der Waals surface area contributed by atoms with Crippen LogP contribution in [-0.2, 0) is 14.9 Å². The topological polar surface area (TPSA) is 109 Å². The number of hydrogen-bond donors (Lipinski definition) is 2. The van der Waals surface area contributed by atoms with Gasteiger partial charge >= 0.3 is 0 Å². The summed E-state index contributed by atoms with van der Waals surface area (Å²) < 4.78 is 30.6. The summed E-state index contributed by atoms with van der Waals surface area (Å²) in [5, 5.41) is 9.45. The fraction of sp³-hybridized carbons (Fsp3) is 0. The monoisotopic (exact) mass is 254 g/mol. The molecule has 0 heterocycles. The lowest BCUT2D eigenvalue weighted by Crippen LogP contribution is -2.19. The van der Waals surface area contributed by atoms with E-state index >= 15 is 0 Å². The molecule has 0 spiro atoms. The van der Waals surface area contributed by atoms with Gasteiger partial charge in [0.25, 0.3) is 10.1 Å². The minimum Gasteiger partial charge on any atom is -0.507 e. The molecule has 2 N–H and O–H groups in total. The minimum absolute atomic E-state index is 0.0928. The zero-order valence-electron chi connectivity index (χ0n) is 8.25. The number of aliphatic hydroxyl groups excluding tert-OH is 1.